The Balaban J connectivity index is 1.31. The minimum atomic E-state index is -1.03. The lowest BCUT2D eigenvalue weighted by Gasteiger charge is -2.25. The van der Waals surface area contributed by atoms with Crippen LogP contribution in [-0.4, -0.2) is 6.61 Å². The van der Waals surface area contributed by atoms with Crippen molar-refractivity contribution in [3.63, 3.8) is 0 Å². The number of unbranched alkanes of at least 4 members (excludes halogenated alkanes) is 2. The molecule has 1 aliphatic carbocycles. The lowest BCUT2D eigenvalue weighted by atomic mass is 9.80. The van der Waals surface area contributed by atoms with Crippen LogP contribution in [0.25, 0.3) is 33.4 Å². The summed E-state index contributed by atoms with van der Waals surface area (Å²) in [4.78, 5) is 0. The number of ether oxygens (including phenoxy) is 1. The highest BCUT2D eigenvalue weighted by atomic mass is 19.2. The topological polar surface area (TPSA) is 9.23 Å². The van der Waals surface area contributed by atoms with E-state index < -0.39 is 11.6 Å². The van der Waals surface area contributed by atoms with Crippen LogP contribution in [0.2, 0.25) is 0 Å². The predicted octanol–water partition coefficient (Wildman–Crippen LogP) is 10.4. The SMILES string of the molecule is C=CCOc1ccc(-c2ccc(-c3ccc(-c4ccc5c(c4)CCC(CCCCC)C5)c(F)c3)cc2)c(F)c1F. The first kappa shape index (κ1) is 27.8. The molecule has 0 amide bonds. The molecule has 206 valence electrons. The van der Waals surface area contributed by atoms with Crippen molar-refractivity contribution in [2.75, 3.05) is 6.61 Å². The molecule has 0 radical (unpaired) electrons. The summed E-state index contributed by atoms with van der Waals surface area (Å²) in [5, 5.41) is 0. The number of hydrogen-bond acceptors (Lipinski definition) is 1. The molecule has 0 aliphatic heterocycles. The van der Waals surface area contributed by atoms with Crippen molar-refractivity contribution >= 4 is 0 Å². The molecule has 0 fully saturated rings. The van der Waals surface area contributed by atoms with Gasteiger partial charge in [0.25, 0.3) is 0 Å². The van der Waals surface area contributed by atoms with Crippen molar-refractivity contribution in [2.45, 2.75) is 51.9 Å². The van der Waals surface area contributed by atoms with Crippen molar-refractivity contribution in [3.05, 3.63) is 114 Å². The smallest absolute Gasteiger partial charge is 0.201 e. The quantitative estimate of drug-likeness (QED) is 0.144. The Kier molecular flexibility index (Phi) is 8.74. The Morgan fingerprint density at radius 1 is 0.775 bits per heavy atom. The molecular weight excluding hydrogens is 505 g/mol. The Morgan fingerprint density at radius 3 is 2.25 bits per heavy atom. The fourth-order valence-corrected chi connectivity index (χ4v) is 5.71. The maximum absolute atomic E-state index is 15.3. The molecule has 0 saturated carbocycles. The van der Waals surface area contributed by atoms with Gasteiger partial charge in [-0.1, -0.05) is 99.9 Å². The van der Waals surface area contributed by atoms with E-state index in [4.69, 9.17) is 4.74 Å². The third-order valence-corrected chi connectivity index (χ3v) is 7.97. The fourth-order valence-electron chi connectivity index (χ4n) is 5.71. The van der Waals surface area contributed by atoms with Crippen LogP contribution in [0, 0.1) is 23.4 Å². The molecule has 0 heterocycles. The molecule has 1 nitrogen and oxygen atoms in total. The second-order valence-corrected chi connectivity index (χ2v) is 10.7. The molecule has 1 atom stereocenters. The maximum Gasteiger partial charge on any atom is 0.201 e. The van der Waals surface area contributed by atoms with Crippen molar-refractivity contribution in [3.8, 4) is 39.1 Å². The van der Waals surface area contributed by atoms with Crippen LogP contribution in [0.3, 0.4) is 0 Å². The minimum Gasteiger partial charge on any atom is -0.486 e. The van der Waals surface area contributed by atoms with Crippen LogP contribution in [0.4, 0.5) is 13.2 Å². The highest BCUT2D eigenvalue weighted by Crippen LogP contribution is 2.35. The fraction of sp³-hybridized carbons (Fsp3) is 0.278. The molecule has 0 aromatic heterocycles. The lowest BCUT2D eigenvalue weighted by molar-refractivity contribution is 0.333. The Hall–Kier alpha value is -3.79. The normalized spacial score (nSPS) is 14.6. The van der Waals surface area contributed by atoms with Crippen molar-refractivity contribution in [1.82, 2.24) is 0 Å². The Labute approximate surface area is 235 Å². The monoisotopic (exact) mass is 540 g/mol. The largest absolute Gasteiger partial charge is 0.486 e. The third-order valence-electron chi connectivity index (χ3n) is 7.97. The van der Waals surface area contributed by atoms with E-state index in [1.807, 2.05) is 18.2 Å². The summed E-state index contributed by atoms with van der Waals surface area (Å²) in [5.74, 6) is -1.67. The lowest BCUT2D eigenvalue weighted by Crippen LogP contribution is -2.14. The van der Waals surface area contributed by atoms with E-state index in [-0.39, 0.29) is 23.7 Å². The number of fused-ring (bicyclic) bond motifs is 1. The van der Waals surface area contributed by atoms with Gasteiger partial charge in [0.05, 0.1) is 0 Å². The molecule has 40 heavy (non-hydrogen) atoms. The maximum atomic E-state index is 15.3. The second-order valence-electron chi connectivity index (χ2n) is 10.7. The first-order valence-electron chi connectivity index (χ1n) is 14.2. The van der Waals surface area contributed by atoms with Gasteiger partial charge in [0.15, 0.2) is 11.6 Å². The zero-order valence-corrected chi connectivity index (χ0v) is 23.0. The molecule has 1 aliphatic rings. The number of halogens is 3. The van der Waals surface area contributed by atoms with Crippen LogP contribution in [0.1, 0.15) is 50.2 Å². The molecular formula is C36H35F3O. The van der Waals surface area contributed by atoms with E-state index in [2.05, 4.69) is 25.6 Å². The van der Waals surface area contributed by atoms with Crippen LogP contribution in [0.15, 0.2) is 85.5 Å². The highest BCUT2D eigenvalue weighted by Gasteiger charge is 2.20. The number of rotatable bonds is 10. The standard InChI is InChI=1S/C36H35F3O/c1-3-5-6-7-24-8-9-28-22-30(15-14-27(28)21-24)31-17-16-29(23-33(31)37)25-10-12-26(13-11-25)32-18-19-34(40-20-4-2)36(39)35(32)38/h4,10-19,22-24H,2-3,5-9,20-21H2,1H3. The summed E-state index contributed by atoms with van der Waals surface area (Å²) >= 11 is 0. The zero-order valence-electron chi connectivity index (χ0n) is 23.0. The Bertz CT molecular complexity index is 1490. The number of hydrogen-bond donors (Lipinski definition) is 0. The molecule has 4 heteroatoms. The predicted molar refractivity (Wildman–Crippen MR) is 158 cm³/mol. The van der Waals surface area contributed by atoms with Gasteiger partial charge in [-0.3, -0.25) is 0 Å². The van der Waals surface area contributed by atoms with Crippen LogP contribution in [-0.2, 0) is 12.8 Å². The van der Waals surface area contributed by atoms with Gasteiger partial charge in [0.2, 0.25) is 5.82 Å². The molecule has 0 bridgehead atoms. The molecule has 5 rings (SSSR count). The van der Waals surface area contributed by atoms with E-state index >= 15 is 4.39 Å². The zero-order chi connectivity index (χ0) is 28.1. The second kappa shape index (κ2) is 12.6. The summed E-state index contributed by atoms with van der Waals surface area (Å²) in [6.07, 6.45) is 10.0. The van der Waals surface area contributed by atoms with E-state index in [9.17, 15) is 8.78 Å². The van der Waals surface area contributed by atoms with E-state index in [1.54, 1.807) is 30.3 Å². The molecule has 0 N–H and O–H groups in total. The average molecular weight is 541 g/mol. The van der Waals surface area contributed by atoms with Gasteiger partial charge in [-0.05, 0) is 76.8 Å². The third kappa shape index (κ3) is 6.01. The van der Waals surface area contributed by atoms with Gasteiger partial charge in [0, 0.05) is 11.1 Å². The van der Waals surface area contributed by atoms with Gasteiger partial charge in [-0.2, -0.15) is 4.39 Å². The number of benzene rings is 4. The molecule has 4 aromatic rings. The molecule has 0 spiro atoms. The van der Waals surface area contributed by atoms with Gasteiger partial charge in [-0.15, -0.1) is 0 Å². The summed E-state index contributed by atoms with van der Waals surface area (Å²) in [6, 6.07) is 21.6. The first-order valence-corrected chi connectivity index (χ1v) is 14.2. The molecule has 4 aromatic carbocycles. The summed E-state index contributed by atoms with van der Waals surface area (Å²) in [7, 11) is 0. The van der Waals surface area contributed by atoms with E-state index in [0.717, 1.165) is 35.4 Å². The van der Waals surface area contributed by atoms with Crippen LogP contribution < -0.4 is 4.74 Å². The highest BCUT2D eigenvalue weighted by molar-refractivity contribution is 5.74. The average Bonchev–Trinajstić information content (AvgIpc) is 2.98. The van der Waals surface area contributed by atoms with Crippen molar-refractivity contribution in [1.29, 1.82) is 0 Å². The van der Waals surface area contributed by atoms with E-state index in [0.29, 0.717) is 11.1 Å². The van der Waals surface area contributed by atoms with Gasteiger partial charge < -0.3 is 4.74 Å². The molecule has 0 saturated heterocycles. The van der Waals surface area contributed by atoms with E-state index in [1.165, 1.54) is 61.4 Å². The van der Waals surface area contributed by atoms with Crippen LogP contribution in [0.5, 0.6) is 5.75 Å². The van der Waals surface area contributed by atoms with Gasteiger partial charge in [0.1, 0.15) is 12.4 Å². The number of aryl methyl sites for hydroxylation is 1. The van der Waals surface area contributed by atoms with Crippen LogP contribution >= 0.6 is 0 Å². The summed E-state index contributed by atoms with van der Waals surface area (Å²) in [6.45, 7) is 5.85. The molecule has 1 unspecified atom stereocenters. The van der Waals surface area contributed by atoms with Gasteiger partial charge >= 0.3 is 0 Å². The van der Waals surface area contributed by atoms with Crippen molar-refractivity contribution < 1.29 is 17.9 Å². The minimum absolute atomic E-state index is 0.0891. The van der Waals surface area contributed by atoms with Gasteiger partial charge in [-0.25, -0.2) is 8.78 Å². The van der Waals surface area contributed by atoms with Crippen molar-refractivity contribution in [2.24, 2.45) is 5.92 Å². The summed E-state index contributed by atoms with van der Waals surface area (Å²) in [5.41, 5.74) is 6.41. The first-order chi connectivity index (χ1) is 19.5. The Morgan fingerprint density at radius 2 is 1.50 bits per heavy atom. The summed E-state index contributed by atoms with van der Waals surface area (Å²) < 4.78 is 49.7.